The van der Waals surface area contributed by atoms with Gasteiger partial charge in [0.05, 0.1) is 18.7 Å². The number of amides is 1. The zero-order valence-electron chi connectivity index (χ0n) is 20.3. The molecular formula is C28H28N4O4. The number of hydrazone groups is 1. The molecule has 1 aromatic heterocycles. The molecule has 4 rings (SSSR count). The van der Waals surface area contributed by atoms with Crippen LogP contribution in [-0.2, 0) is 13.2 Å². The van der Waals surface area contributed by atoms with E-state index in [0.29, 0.717) is 41.0 Å². The second-order valence-corrected chi connectivity index (χ2v) is 8.16. The molecule has 0 saturated carbocycles. The Morgan fingerprint density at radius 3 is 2.53 bits per heavy atom. The first-order valence-corrected chi connectivity index (χ1v) is 11.8. The molecule has 3 aromatic carbocycles. The van der Waals surface area contributed by atoms with Crippen LogP contribution in [0.15, 0.2) is 82.7 Å². The van der Waals surface area contributed by atoms with E-state index in [-0.39, 0.29) is 11.3 Å². The van der Waals surface area contributed by atoms with E-state index in [0.717, 1.165) is 18.4 Å². The Morgan fingerprint density at radius 2 is 1.78 bits per heavy atom. The highest BCUT2D eigenvalue weighted by Gasteiger charge is 2.16. The van der Waals surface area contributed by atoms with Crippen LogP contribution in [0.25, 0.3) is 10.8 Å². The van der Waals surface area contributed by atoms with Crippen LogP contribution in [0.4, 0.5) is 0 Å². The largest absolute Gasteiger partial charge is 0.493 e. The number of ether oxygens (including phenoxy) is 2. The molecule has 0 unspecified atom stereocenters. The van der Waals surface area contributed by atoms with E-state index in [9.17, 15) is 9.59 Å². The third-order valence-corrected chi connectivity index (χ3v) is 5.61. The number of hydrogen-bond donors (Lipinski definition) is 1. The summed E-state index contributed by atoms with van der Waals surface area (Å²) < 4.78 is 12.7. The summed E-state index contributed by atoms with van der Waals surface area (Å²) in [5.74, 6) is 0.658. The predicted molar refractivity (Wildman–Crippen MR) is 140 cm³/mol. The number of methoxy groups -OCH3 is 1. The molecule has 0 aliphatic heterocycles. The number of unbranched alkanes of at least 4 members (excludes halogenated alkanes) is 1. The summed E-state index contributed by atoms with van der Waals surface area (Å²) in [4.78, 5) is 25.7. The number of rotatable bonds is 10. The summed E-state index contributed by atoms with van der Waals surface area (Å²) in [7, 11) is 1.58. The maximum absolute atomic E-state index is 13.0. The van der Waals surface area contributed by atoms with Crippen LogP contribution < -0.4 is 20.5 Å². The molecule has 184 valence electrons. The van der Waals surface area contributed by atoms with Gasteiger partial charge in [-0.05, 0) is 41.8 Å². The fraction of sp³-hybridized carbons (Fsp3) is 0.214. The van der Waals surface area contributed by atoms with E-state index in [4.69, 9.17) is 9.47 Å². The number of benzene rings is 3. The van der Waals surface area contributed by atoms with Crippen LogP contribution in [-0.4, -0.2) is 29.0 Å². The molecule has 0 spiro atoms. The second-order valence-electron chi connectivity index (χ2n) is 8.16. The maximum atomic E-state index is 13.0. The smallest absolute Gasteiger partial charge is 0.292 e. The Bertz CT molecular complexity index is 1430. The van der Waals surface area contributed by atoms with Gasteiger partial charge in [-0.1, -0.05) is 61.9 Å². The third-order valence-electron chi connectivity index (χ3n) is 5.61. The van der Waals surface area contributed by atoms with Crippen LogP contribution in [0.2, 0.25) is 0 Å². The predicted octanol–water partition coefficient (Wildman–Crippen LogP) is 4.55. The minimum absolute atomic E-state index is 0.153. The second kappa shape index (κ2) is 11.8. The van der Waals surface area contributed by atoms with Crippen molar-refractivity contribution in [2.45, 2.75) is 32.9 Å². The van der Waals surface area contributed by atoms with Crippen molar-refractivity contribution in [1.82, 2.24) is 15.2 Å². The van der Waals surface area contributed by atoms with E-state index in [1.165, 1.54) is 10.9 Å². The van der Waals surface area contributed by atoms with E-state index in [2.05, 4.69) is 15.6 Å². The van der Waals surface area contributed by atoms with Crippen molar-refractivity contribution < 1.29 is 14.3 Å². The molecule has 1 amide bonds. The van der Waals surface area contributed by atoms with Gasteiger partial charge in [0, 0.05) is 11.9 Å². The van der Waals surface area contributed by atoms with Crippen molar-refractivity contribution in [3.05, 3.63) is 100.0 Å². The van der Waals surface area contributed by atoms with Gasteiger partial charge in [-0.25, -0.2) is 10.1 Å². The Labute approximate surface area is 209 Å². The van der Waals surface area contributed by atoms with E-state index < -0.39 is 5.91 Å². The van der Waals surface area contributed by atoms with Gasteiger partial charge < -0.3 is 9.47 Å². The summed E-state index contributed by atoms with van der Waals surface area (Å²) in [5.41, 5.74) is 4.22. The molecule has 0 bridgehead atoms. The number of nitrogens with one attached hydrogen (secondary N) is 1. The first-order chi connectivity index (χ1) is 17.6. The summed E-state index contributed by atoms with van der Waals surface area (Å²) in [5, 5.41) is 9.38. The zero-order chi connectivity index (χ0) is 25.3. The Kier molecular flexibility index (Phi) is 8.08. The standard InChI is InChI=1S/C28H28N4O4/c1-3-4-16-32-28(34)23-13-9-8-12-22(23)26(31-32)27(33)30-29-18-21-14-15-24(35-2)25(17-21)36-19-20-10-6-5-7-11-20/h5-15,17-18H,3-4,16,19H2,1-2H3,(H,30,33)/b29-18+. The van der Waals surface area contributed by atoms with Gasteiger partial charge in [0.2, 0.25) is 0 Å². The molecular weight excluding hydrogens is 456 g/mol. The Balaban J connectivity index is 1.52. The summed E-state index contributed by atoms with van der Waals surface area (Å²) in [6.07, 6.45) is 3.21. The summed E-state index contributed by atoms with van der Waals surface area (Å²) in [6.45, 7) is 2.87. The molecule has 1 N–H and O–H groups in total. The molecule has 4 aromatic rings. The number of aryl methyl sites for hydroxylation is 1. The fourth-order valence-corrected chi connectivity index (χ4v) is 3.70. The Hall–Kier alpha value is -4.46. The van der Waals surface area contributed by atoms with Gasteiger partial charge in [-0.3, -0.25) is 9.59 Å². The molecule has 1 heterocycles. The lowest BCUT2D eigenvalue weighted by Crippen LogP contribution is -2.29. The molecule has 0 aliphatic carbocycles. The summed E-state index contributed by atoms with van der Waals surface area (Å²) in [6, 6.07) is 22.2. The molecule has 0 atom stereocenters. The number of carbonyl (C=O) groups excluding carboxylic acids is 1. The lowest BCUT2D eigenvalue weighted by atomic mass is 10.1. The molecule has 0 radical (unpaired) electrons. The zero-order valence-corrected chi connectivity index (χ0v) is 20.3. The number of aromatic nitrogens is 2. The first-order valence-electron chi connectivity index (χ1n) is 11.8. The van der Waals surface area contributed by atoms with Crippen LogP contribution in [0.1, 0.15) is 41.4 Å². The molecule has 36 heavy (non-hydrogen) atoms. The van der Waals surface area contributed by atoms with Crippen LogP contribution >= 0.6 is 0 Å². The highest BCUT2D eigenvalue weighted by molar-refractivity contribution is 6.05. The normalized spacial score (nSPS) is 11.1. The van der Waals surface area contributed by atoms with Gasteiger partial charge in [0.1, 0.15) is 6.61 Å². The van der Waals surface area contributed by atoms with Crippen molar-refractivity contribution >= 4 is 22.9 Å². The quantitative estimate of drug-likeness (QED) is 0.263. The minimum atomic E-state index is -0.498. The molecule has 0 fully saturated rings. The fourth-order valence-electron chi connectivity index (χ4n) is 3.70. The summed E-state index contributed by atoms with van der Waals surface area (Å²) >= 11 is 0. The topological polar surface area (TPSA) is 94.8 Å². The lowest BCUT2D eigenvalue weighted by molar-refractivity contribution is 0.0949. The molecule has 8 nitrogen and oxygen atoms in total. The highest BCUT2D eigenvalue weighted by atomic mass is 16.5. The average molecular weight is 485 g/mol. The molecule has 0 saturated heterocycles. The monoisotopic (exact) mass is 484 g/mol. The number of carbonyl (C=O) groups is 1. The van der Waals surface area contributed by atoms with Crippen molar-refractivity contribution in [2.75, 3.05) is 7.11 Å². The maximum Gasteiger partial charge on any atom is 0.292 e. The first kappa shape index (κ1) is 24.7. The Morgan fingerprint density at radius 1 is 1.03 bits per heavy atom. The van der Waals surface area contributed by atoms with Crippen LogP contribution in [0, 0.1) is 0 Å². The highest BCUT2D eigenvalue weighted by Crippen LogP contribution is 2.28. The number of nitrogens with zero attached hydrogens (tertiary/aromatic N) is 3. The number of hydrogen-bond acceptors (Lipinski definition) is 6. The van der Waals surface area contributed by atoms with E-state index in [1.54, 1.807) is 43.5 Å². The molecule has 8 heteroatoms. The van der Waals surface area contributed by atoms with Crippen molar-refractivity contribution in [1.29, 1.82) is 0 Å². The third kappa shape index (κ3) is 5.78. The van der Waals surface area contributed by atoms with Crippen molar-refractivity contribution in [2.24, 2.45) is 5.10 Å². The van der Waals surface area contributed by atoms with Gasteiger partial charge in [-0.2, -0.15) is 10.2 Å². The van der Waals surface area contributed by atoms with Gasteiger partial charge >= 0.3 is 0 Å². The van der Waals surface area contributed by atoms with Gasteiger partial charge in [0.25, 0.3) is 11.5 Å². The van der Waals surface area contributed by atoms with Gasteiger partial charge in [0.15, 0.2) is 17.2 Å². The van der Waals surface area contributed by atoms with Crippen molar-refractivity contribution in [3.8, 4) is 11.5 Å². The van der Waals surface area contributed by atoms with Crippen LogP contribution in [0.3, 0.4) is 0 Å². The van der Waals surface area contributed by atoms with Gasteiger partial charge in [-0.15, -0.1) is 0 Å². The minimum Gasteiger partial charge on any atom is -0.493 e. The SMILES string of the molecule is CCCCn1nc(C(=O)N/N=C/c2ccc(OC)c(OCc3ccccc3)c2)c2ccccc2c1=O. The van der Waals surface area contributed by atoms with Crippen LogP contribution in [0.5, 0.6) is 11.5 Å². The van der Waals surface area contributed by atoms with E-state index in [1.807, 2.05) is 43.3 Å². The molecule has 0 aliphatic rings. The van der Waals surface area contributed by atoms with Crippen molar-refractivity contribution in [3.63, 3.8) is 0 Å². The average Bonchev–Trinajstić information content (AvgIpc) is 2.92. The van der Waals surface area contributed by atoms with E-state index >= 15 is 0 Å². The number of fused-ring (bicyclic) bond motifs is 1. The lowest BCUT2D eigenvalue weighted by Gasteiger charge is -2.11.